The fourth-order valence-electron chi connectivity index (χ4n) is 1.86. The van der Waals surface area contributed by atoms with Gasteiger partial charge in [-0.3, -0.25) is 0 Å². The van der Waals surface area contributed by atoms with Crippen molar-refractivity contribution in [3.05, 3.63) is 23.1 Å². The lowest BCUT2D eigenvalue weighted by atomic mass is 10.1. The van der Waals surface area contributed by atoms with Gasteiger partial charge in [0.15, 0.2) is 18.9 Å². The minimum absolute atomic E-state index is 0.143. The van der Waals surface area contributed by atoms with Gasteiger partial charge in [-0.25, -0.2) is 0 Å². The zero-order valence-corrected chi connectivity index (χ0v) is 11.7. The summed E-state index contributed by atoms with van der Waals surface area (Å²) in [7, 11) is 0. The maximum absolute atomic E-state index is 5.51. The monoisotopic (exact) mass is 272 g/mol. The molecule has 0 amide bonds. The summed E-state index contributed by atoms with van der Waals surface area (Å²) in [5.41, 5.74) is 0. The van der Waals surface area contributed by atoms with E-state index >= 15 is 0 Å². The van der Waals surface area contributed by atoms with E-state index in [2.05, 4.69) is 6.08 Å². The number of hydrogen-bond acceptors (Lipinski definition) is 5. The van der Waals surface area contributed by atoms with E-state index in [1.807, 2.05) is 26.0 Å². The number of hydrogen-bond donors (Lipinski definition) is 0. The summed E-state index contributed by atoms with van der Waals surface area (Å²) in [5.74, 6) is 0.293. The van der Waals surface area contributed by atoms with E-state index in [-0.39, 0.29) is 6.29 Å². The van der Waals surface area contributed by atoms with Crippen molar-refractivity contribution < 1.29 is 18.9 Å². The van der Waals surface area contributed by atoms with E-state index in [1.54, 1.807) is 11.8 Å². The largest absolute Gasteiger partial charge is 0.352 e. The zero-order valence-electron chi connectivity index (χ0n) is 10.9. The van der Waals surface area contributed by atoms with Crippen LogP contribution in [0, 0.1) is 0 Å². The molecule has 2 rings (SSSR count). The lowest BCUT2D eigenvalue weighted by Gasteiger charge is -2.40. The van der Waals surface area contributed by atoms with Crippen LogP contribution in [-0.4, -0.2) is 37.8 Å². The molecule has 1 aliphatic carbocycles. The molecule has 0 atom stereocenters. The molecule has 1 heterocycles. The van der Waals surface area contributed by atoms with E-state index in [9.17, 15) is 0 Å². The summed E-state index contributed by atoms with van der Waals surface area (Å²) in [4.78, 5) is 1.24. The highest BCUT2D eigenvalue weighted by Crippen LogP contribution is 2.38. The van der Waals surface area contributed by atoms with Crippen LogP contribution in [0.4, 0.5) is 0 Å². The molecule has 1 spiro atoms. The van der Waals surface area contributed by atoms with Gasteiger partial charge < -0.3 is 18.9 Å². The number of ether oxygens (including phenoxy) is 4. The van der Waals surface area contributed by atoms with Crippen LogP contribution in [0.3, 0.4) is 0 Å². The number of rotatable bonds is 7. The van der Waals surface area contributed by atoms with Crippen molar-refractivity contribution in [1.29, 1.82) is 0 Å². The fraction of sp³-hybridized carbons (Fsp3) is 0.692. The zero-order chi connectivity index (χ0) is 12.8. The SMILES string of the molecule is CCOC(CSC1=CC=CC2(C1)OCO2)OCC. The smallest absolute Gasteiger partial charge is 0.197 e. The fourth-order valence-corrected chi connectivity index (χ4v) is 2.88. The molecule has 0 bridgehead atoms. The van der Waals surface area contributed by atoms with Crippen molar-refractivity contribution in [3.63, 3.8) is 0 Å². The molecule has 18 heavy (non-hydrogen) atoms. The third kappa shape index (κ3) is 3.59. The Balaban J connectivity index is 1.78. The van der Waals surface area contributed by atoms with E-state index in [4.69, 9.17) is 18.9 Å². The lowest BCUT2D eigenvalue weighted by Crippen LogP contribution is -2.45. The molecule has 0 saturated carbocycles. The molecule has 4 nitrogen and oxygen atoms in total. The quantitative estimate of drug-likeness (QED) is 0.666. The number of thioether (sulfide) groups is 1. The molecule has 1 aliphatic heterocycles. The van der Waals surface area contributed by atoms with Crippen molar-refractivity contribution >= 4 is 11.8 Å². The van der Waals surface area contributed by atoms with E-state index < -0.39 is 5.79 Å². The molecule has 0 aromatic rings. The average molecular weight is 272 g/mol. The predicted molar refractivity (Wildman–Crippen MR) is 71.1 cm³/mol. The molecule has 5 heteroatoms. The van der Waals surface area contributed by atoms with E-state index in [0.29, 0.717) is 20.0 Å². The summed E-state index contributed by atoms with van der Waals surface area (Å²) in [6.45, 7) is 5.68. The Bertz CT molecular complexity index is 317. The minimum Gasteiger partial charge on any atom is -0.352 e. The highest BCUT2D eigenvalue weighted by molar-refractivity contribution is 8.03. The normalized spacial score (nSPS) is 21.2. The van der Waals surface area contributed by atoms with Gasteiger partial charge in [-0.05, 0) is 24.8 Å². The van der Waals surface area contributed by atoms with Crippen molar-refractivity contribution in [1.82, 2.24) is 0 Å². The van der Waals surface area contributed by atoms with Crippen molar-refractivity contribution in [2.75, 3.05) is 25.8 Å². The van der Waals surface area contributed by atoms with Crippen molar-refractivity contribution in [2.24, 2.45) is 0 Å². The van der Waals surface area contributed by atoms with Gasteiger partial charge in [-0.2, -0.15) is 0 Å². The van der Waals surface area contributed by atoms with Gasteiger partial charge in [-0.15, -0.1) is 11.8 Å². The molecule has 1 fully saturated rings. The van der Waals surface area contributed by atoms with Crippen LogP contribution in [-0.2, 0) is 18.9 Å². The van der Waals surface area contributed by atoms with E-state index in [0.717, 1.165) is 12.2 Å². The first kappa shape index (κ1) is 14.1. The Morgan fingerprint density at radius 1 is 1.33 bits per heavy atom. The van der Waals surface area contributed by atoms with Gasteiger partial charge in [0.2, 0.25) is 0 Å². The number of allylic oxidation sites excluding steroid dienone is 2. The van der Waals surface area contributed by atoms with Crippen molar-refractivity contribution in [2.45, 2.75) is 32.3 Å². The van der Waals surface area contributed by atoms with Crippen LogP contribution in [0.5, 0.6) is 0 Å². The highest BCUT2D eigenvalue weighted by Gasteiger charge is 2.39. The topological polar surface area (TPSA) is 36.9 Å². The van der Waals surface area contributed by atoms with Crippen LogP contribution >= 0.6 is 11.8 Å². The molecule has 1 saturated heterocycles. The first-order valence-corrected chi connectivity index (χ1v) is 7.29. The van der Waals surface area contributed by atoms with Gasteiger partial charge in [0, 0.05) is 25.4 Å². The molecule has 0 aromatic heterocycles. The first-order chi connectivity index (χ1) is 8.78. The molecule has 2 aliphatic rings. The summed E-state index contributed by atoms with van der Waals surface area (Å²) in [6, 6.07) is 0. The average Bonchev–Trinajstić information content (AvgIpc) is 2.35. The summed E-state index contributed by atoms with van der Waals surface area (Å²) >= 11 is 1.74. The molecule has 102 valence electrons. The molecule has 0 radical (unpaired) electrons. The first-order valence-electron chi connectivity index (χ1n) is 6.30. The second-order valence-electron chi connectivity index (χ2n) is 4.04. The molecule has 0 N–H and O–H groups in total. The maximum Gasteiger partial charge on any atom is 0.197 e. The van der Waals surface area contributed by atoms with Gasteiger partial charge in [-0.1, -0.05) is 12.2 Å². The molecular formula is C13H20O4S. The summed E-state index contributed by atoms with van der Waals surface area (Å²) in [6.07, 6.45) is 6.68. The van der Waals surface area contributed by atoms with Crippen LogP contribution in [0.25, 0.3) is 0 Å². The van der Waals surface area contributed by atoms with Gasteiger partial charge in [0.25, 0.3) is 0 Å². The Kier molecular flexibility index (Phi) is 5.26. The minimum atomic E-state index is -0.496. The summed E-state index contributed by atoms with van der Waals surface area (Å²) < 4.78 is 22.0. The standard InChI is InChI=1S/C13H20O4S/c1-3-14-12(15-4-2)9-18-11-6-5-7-13(8-11)16-10-17-13/h5-7,12H,3-4,8-10H2,1-2H3. The van der Waals surface area contributed by atoms with Gasteiger partial charge in [0.1, 0.15) is 0 Å². The third-order valence-electron chi connectivity index (χ3n) is 2.77. The van der Waals surface area contributed by atoms with Crippen LogP contribution in [0.15, 0.2) is 23.1 Å². The van der Waals surface area contributed by atoms with Gasteiger partial charge >= 0.3 is 0 Å². The second-order valence-corrected chi connectivity index (χ2v) is 5.18. The van der Waals surface area contributed by atoms with Crippen LogP contribution < -0.4 is 0 Å². The second kappa shape index (κ2) is 6.73. The molecule has 0 unspecified atom stereocenters. The van der Waals surface area contributed by atoms with Crippen molar-refractivity contribution in [3.8, 4) is 0 Å². The third-order valence-corrected chi connectivity index (χ3v) is 3.86. The van der Waals surface area contributed by atoms with Gasteiger partial charge in [0.05, 0.1) is 0 Å². The molecule has 0 aromatic carbocycles. The lowest BCUT2D eigenvalue weighted by molar-refractivity contribution is -0.370. The Morgan fingerprint density at radius 3 is 2.61 bits per heavy atom. The Labute approximate surface area is 112 Å². The maximum atomic E-state index is 5.51. The Hall–Kier alpha value is -0.330. The summed E-state index contributed by atoms with van der Waals surface area (Å²) in [5, 5.41) is 0. The predicted octanol–water partition coefficient (Wildman–Crippen LogP) is 2.66. The van der Waals surface area contributed by atoms with E-state index in [1.165, 1.54) is 4.91 Å². The molecular weight excluding hydrogens is 252 g/mol. The van der Waals surface area contributed by atoms with Crippen LogP contribution in [0.1, 0.15) is 20.3 Å². The van der Waals surface area contributed by atoms with Crippen LogP contribution in [0.2, 0.25) is 0 Å². The Morgan fingerprint density at radius 2 is 2.06 bits per heavy atom. The highest BCUT2D eigenvalue weighted by atomic mass is 32.2.